The summed E-state index contributed by atoms with van der Waals surface area (Å²) in [4.78, 5) is 31.2. The van der Waals surface area contributed by atoms with E-state index in [0.29, 0.717) is 13.0 Å². The SMILES string of the molecule is CCC1(C)NC(=O)C(C)(C)N(Cc2ncccc2C)C1=O. The maximum Gasteiger partial charge on any atom is 0.249 e. The van der Waals surface area contributed by atoms with E-state index in [1.54, 1.807) is 31.9 Å². The lowest BCUT2D eigenvalue weighted by Crippen LogP contribution is -2.72. The molecule has 1 aliphatic rings. The van der Waals surface area contributed by atoms with Crippen LogP contribution in [0.1, 0.15) is 45.4 Å². The second-order valence-electron chi connectivity index (χ2n) is 6.36. The summed E-state index contributed by atoms with van der Waals surface area (Å²) in [6, 6.07) is 3.83. The second-order valence-corrected chi connectivity index (χ2v) is 6.36. The first-order valence-corrected chi connectivity index (χ1v) is 7.27. The first-order valence-electron chi connectivity index (χ1n) is 7.27. The number of nitrogens with one attached hydrogen (secondary N) is 1. The van der Waals surface area contributed by atoms with Crippen molar-refractivity contribution in [3.05, 3.63) is 29.6 Å². The van der Waals surface area contributed by atoms with Crippen LogP contribution in [0.4, 0.5) is 0 Å². The molecule has 1 aromatic heterocycles. The Morgan fingerprint density at radius 3 is 2.52 bits per heavy atom. The van der Waals surface area contributed by atoms with Gasteiger partial charge >= 0.3 is 0 Å². The van der Waals surface area contributed by atoms with Crippen LogP contribution >= 0.6 is 0 Å². The smallest absolute Gasteiger partial charge is 0.249 e. The van der Waals surface area contributed by atoms with E-state index >= 15 is 0 Å². The first kappa shape index (κ1) is 15.5. The van der Waals surface area contributed by atoms with E-state index in [1.165, 1.54) is 0 Å². The summed E-state index contributed by atoms with van der Waals surface area (Å²) in [5.74, 6) is -0.181. The highest BCUT2D eigenvalue weighted by Crippen LogP contribution is 2.29. The van der Waals surface area contributed by atoms with Crippen LogP contribution in [0.25, 0.3) is 0 Å². The van der Waals surface area contributed by atoms with Gasteiger partial charge in [0.05, 0.1) is 12.2 Å². The molecule has 0 bridgehead atoms. The zero-order chi connectivity index (χ0) is 15.8. The van der Waals surface area contributed by atoms with E-state index in [-0.39, 0.29) is 11.8 Å². The Hall–Kier alpha value is -1.91. The van der Waals surface area contributed by atoms with Crippen LogP contribution in [-0.2, 0) is 16.1 Å². The maximum absolute atomic E-state index is 12.8. The number of aryl methyl sites for hydroxylation is 1. The number of piperazine rings is 1. The van der Waals surface area contributed by atoms with Crippen molar-refractivity contribution in [1.29, 1.82) is 0 Å². The van der Waals surface area contributed by atoms with Crippen LogP contribution in [0.5, 0.6) is 0 Å². The first-order chi connectivity index (χ1) is 9.72. The van der Waals surface area contributed by atoms with E-state index in [2.05, 4.69) is 10.3 Å². The molecule has 114 valence electrons. The van der Waals surface area contributed by atoms with Gasteiger partial charge in [-0.05, 0) is 45.7 Å². The Kier molecular flexibility index (Phi) is 3.78. The topological polar surface area (TPSA) is 62.3 Å². The highest BCUT2D eigenvalue weighted by molar-refractivity contribution is 6.01. The van der Waals surface area contributed by atoms with Crippen LogP contribution in [0.2, 0.25) is 0 Å². The number of hydrogen-bond donors (Lipinski definition) is 1. The van der Waals surface area contributed by atoms with Gasteiger partial charge in [0.1, 0.15) is 11.1 Å². The predicted octanol–water partition coefficient (Wildman–Crippen LogP) is 1.80. The monoisotopic (exact) mass is 289 g/mol. The number of aromatic nitrogens is 1. The van der Waals surface area contributed by atoms with Crippen molar-refractivity contribution < 1.29 is 9.59 Å². The molecule has 0 saturated carbocycles. The molecule has 5 heteroatoms. The van der Waals surface area contributed by atoms with Gasteiger partial charge in [0.15, 0.2) is 0 Å². The summed E-state index contributed by atoms with van der Waals surface area (Å²) >= 11 is 0. The van der Waals surface area contributed by atoms with Gasteiger partial charge in [-0.15, -0.1) is 0 Å². The van der Waals surface area contributed by atoms with Gasteiger partial charge in [0.2, 0.25) is 11.8 Å². The van der Waals surface area contributed by atoms with Gasteiger partial charge in [0.25, 0.3) is 0 Å². The van der Waals surface area contributed by atoms with Crippen molar-refractivity contribution in [2.24, 2.45) is 0 Å². The molecule has 0 spiro atoms. The lowest BCUT2D eigenvalue weighted by molar-refractivity contribution is -0.161. The third kappa shape index (κ3) is 2.52. The van der Waals surface area contributed by atoms with Gasteiger partial charge < -0.3 is 10.2 Å². The minimum absolute atomic E-state index is 0.0559. The van der Waals surface area contributed by atoms with Crippen molar-refractivity contribution in [2.75, 3.05) is 0 Å². The molecule has 21 heavy (non-hydrogen) atoms. The predicted molar refractivity (Wildman–Crippen MR) is 80.4 cm³/mol. The fourth-order valence-electron chi connectivity index (χ4n) is 2.47. The Balaban J connectivity index is 2.40. The van der Waals surface area contributed by atoms with Gasteiger partial charge in [0, 0.05) is 6.20 Å². The van der Waals surface area contributed by atoms with Crippen molar-refractivity contribution in [2.45, 2.75) is 58.7 Å². The van der Waals surface area contributed by atoms with Crippen molar-refractivity contribution in [1.82, 2.24) is 15.2 Å². The molecule has 1 aromatic rings. The maximum atomic E-state index is 12.8. The summed E-state index contributed by atoms with van der Waals surface area (Å²) in [7, 11) is 0. The fraction of sp³-hybridized carbons (Fsp3) is 0.562. The summed E-state index contributed by atoms with van der Waals surface area (Å²) in [5.41, 5.74) is 0.128. The molecule has 1 saturated heterocycles. The molecule has 2 rings (SSSR count). The van der Waals surface area contributed by atoms with Gasteiger partial charge in [-0.25, -0.2) is 0 Å². The van der Waals surface area contributed by atoms with Crippen LogP contribution in [-0.4, -0.2) is 32.8 Å². The van der Waals surface area contributed by atoms with E-state index in [9.17, 15) is 9.59 Å². The Labute approximate surface area is 125 Å². The highest BCUT2D eigenvalue weighted by atomic mass is 16.2. The van der Waals surface area contributed by atoms with Gasteiger partial charge in [-0.2, -0.15) is 0 Å². The number of nitrogens with zero attached hydrogens (tertiary/aromatic N) is 2. The number of amides is 2. The zero-order valence-electron chi connectivity index (χ0n) is 13.4. The summed E-state index contributed by atoms with van der Waals surface area (Å²) in [6.45, 7) is 9.54. The third-order valence-electron chi connectivity index (χ3n) is 4.47. The van der Waals surface area contributed by atoms with E-state index in [1.807, 2.05) is 26.0 Å². The molecular weight excluding hydrogens is 266 g/mol. The molecule has 5 nitrogen and oxygen atoms in total. The van der Waals surface area contributed by atoms with Crippen LogP contribution < -0.4 is 5.32 Å². The van der Waals surface area contributed by atoms with E-state index in [0.717, 1.165) is 11.3 Å². The fourth-order valence-corrected chi connectivity index (χ4v) is 2.47. The van der Waals surface area contributed by atoms with E-state index < -0.39 is 11.1 Å². The van der Waals surface area contributed by atoms with Crippen molar-refractivity contribution in [3.8, 4) is 0 Å². The molecular formula is C16H23N3O2. The normalized spacial score (nSPS) is 24.9. The number of hydrogen-bond acceptors (Lipinski definition) is 3. The number of carbonyl (C=O) groups excluding carboxylic acids is 2. The van der Waals surface area contributed by atoms with Crippen molar-refractivity contribution >= 4 is 11.8 Å². The molecule has 1 N–H and O–H groups in total. The molecule has 2 amide bonds. The molecule has 0 aliphatic carbocycles. The molecule has 1 atom stereocenters. The van der Waals surface area contributed by atoms with Crippen LogP contribution in [0.3, 0.4) is 0 Å². The number of carbonyl (C=O) groups is 2. The molecule has 0 radical (unpaired) electrons. The number of rotatable bonds is 3. The average Bonchev–Trinajstić information content (AvgIpc) is 2.44. The Morgan fingerprint density at radius 1 is 1.29 bits per heavy atom. The standard InChI is InChI=1S/C16H23N3O2/c1-6-16(5)14(21)19(15(3,4)13(20)18-16)10-12-11(2)8-7-9-17-12/h7-9H,6,10H2,1-5H3,(H,18,20). The lowest BCUT2D eigenvalue weighted by atomic mass is 9.86. The highest BCUT2D eigenvalue weighted by Gasteiger charge is 2.51. The van der Waals surface area contributed by atoms with Crippen LogP contribution in [0, 0.1) is 6.92 Å². The Bertz CT molecular complexity index is 583. The minimum atomic E-state index is -0.879. The molecule has 1 aliphatic heterocycles. The van der Waals surface area contributed by atoms with E-state index in [4.69, 9.17) is 0 Å². The van der Waals surface area contributed by atoms with Gasteiger partial charge in [-0.1, -0.05) is 13.0 Å². The van der Waals surface area contributed by atoms with Gasteiger partial charge in [-0.3, -0.25) is 14.6 Å². The summed E-state index contributed by atoms with van der Waals surface area (Å²) in [5, 5.41) is 2.86. The minimum Gasteiger partial charge on any atom is -0.340 e. The molecule has 1 fully saturated rings. The summed E-state index contributed by atoms with van der Waals surface area (Å²) < 4.78 is 0. The quantitative estimate of drug-likeness (QED) is 0.923. The summed E-state index contributed by atoms with van der Waals surface area (Å²) in [6.07, 6.45) is 2.27. The largest absolute Gasteiger partial charge is 0.340 e. The number of pyridine rings is 1. The average molecular weight is 289 g/mol. The zero-order valence-corrected chi connectivity index (χ0v) is 13.4. The second kappa shape index (κ2) is 5.13. The van der Waals surface area contributed by atoms with Crippen molar-refractivity contribution in [3.63, 3.8) is 0 Å². The molecule has 1 unspecified atom stereocenters. The lowest BCUT2D eigenvalue weighted by Gasteiger charge is -2.48. The van der Waals surface area contributed by atoms with Crippen LogP contribution in [0.15, 0.2) is 18.3 Å². The molecule has 0 aromatic carbocycles. The molecule has 2 heterocycles. The Morgan fingerprint density at radius 2 is 1.95 bits per heavy atom. The third-order valence-corrected chi connectivity index (χ3v) is 4.47.